The Bertz CT molecular complexity index is 332. The highest BCUT2D eigenvalue weighted by Crippen LogP contribution is 2.03. The van der Waals surface area contributed by atoms with Gasteiger partial charge in [-0.1, -0.05) is 0 Å². The van der Waals surface area contributed by atoms with E-state index in [9.17, 15) is 14.4 Å². The molecule has 7 nitrogen and oxygen atoms in total. The summed E-state index contributed by atoms with van der Waals surface area (Å²) >= 11 is 0. The largest absolute Gasteiger partial charge is 0.383 e. The summed E-state index contributed by atoms with van der Waals surface area (Å²) in [5.41, 5.74) is 0. The molecule has 3 N–H and O–H groups in total. The number of methoxy groups -OCH3 is 1. The van der Waals surface area contributed by atoms with Crippen molar-refractivity contribution in [1.82, 2.24) is 16.0 Å². The van der Waals surface area contributed by atoms with Gasteiger partial charge in [0.05, 0.1) is 19.2 Å². The van der Waals surface area contributed by atoms with E-state index in [1.165, 1.54) is 0 Å². The molecule has 0 saturated carbocycles. The molecule has 1 aliphatic rings. The van der Waals surface area contributed by atoms with Gasteiger partial charge in [-0.05, 0) is 13.3 Å². The molecular weight excluding hydrogens is 238 g/mol. The Balaban J connectivity index is 2.26. The first-order chi connectivity index (χ1) is 8.52. The first-order valence-electron chi connectivity index (χ1n) is 5.88. The van der Waals surface area contributed by atoms with Crippen molar-refractivity contribution >= 4 is 17.7 Å². The first-order valence-corrected chi connectivity index (χ1v) is 5.88. The van der Waals surface area contributed by atoms with Gasteiger partial charge in [-0.2, -0.15) is 0 Å². The van der Waals surface area contributed by atoms with Crippen molar-refractivity contribution < 1.29 is 19.1 Å². The van der Waals surface area contributed by atoms with E-state index >= 15 is 0 Å². The number of rotatable bonds is 6. The third-order valence-electron chi connectivity index (χ3n) is 2.57. The predicted octanol–water partition coefficient (Wildman–Crippen LogP) is -1.47. The second-order valence-corrected chi connectivity index (χ2v) is 4.31. The lowest BCUT2D eigenvalue weighted by Crippen LogP contribution is -2.53. The monoisotopic (exact) mass is 257 g/mol. The van der Waals surface area contributed by atoms with Crippen LogP contribution in [0.2, 0.25) is 0 Å². The van der Waals surface area contributed by atoms with Gasteiger partial charge in [0.25, 0.3) is 0 Å². The predicted molar refractivity (Wildman–Crippen MR) is 63.7 cm³/mol. The average molecular weight is 257 g/mol. The molecule has 1 heterocycles. The van der Waals surface area contributed by atoms with E-state index in [4.69, 9.17) is 4.74 Å². The van der Waals surface area contributed by atoms with Crippen LogP contribution in [-0.4, -0.2) is 50.1 Å². The molecule has 7 heteroatoms. The van der Waals surface area contributed by atoms with Gasteiger partial charge < -0.3 is 10.1 Å². The normalized spacial score (nSPS) is 21.3. The van der Waals surface area contributed by atoms with Crippen molar-refractivity contribution in [3.05, 3.63) is 0 Å². The zero-order valence-corrected chi connectivity index (χ0v) is 10.6. The van der Waals surface area contributed by atoms with E-state index in [0.29, 0.717) is 19.4 Å². The molecular formula is C11H19N3O4. The van der Waals surface area contributed by atoms with Gasteiger partial charge in [0, 0.05) is 19.6 Å². The summed E-state index contributed by atoms with van der Waals surface area (Å²) in [6.45, 7) is 2.30. The molecule has 2 unspecified atom stereocenters. The fourth-order valence-electron chi connectivity index (χ4n) is 1.72. The van der Waals surface area contributed by atoms with Crippen LogP contribution in [0, 0.1) is 0 Å². The number of carbonyl (C=O) groups is 3. The summed E-state index contributed by atoms with van der Waals surface area (Å²) in [4.78, 5) is 33.8. The van der Waals surface area contributed by atoms with Crippen molar-refractivity contribution in [3.63, 3.8) is 0 Å². The Morgan fingerprint density at radius 2 is 2.28 bits per heavy atom. The SMILES string of the molecule is COCC(C)NC(=O)CNC1CCC(=O)NC1=O. The Morgan fingerprint density at radius 1 is 1.56 bits per heavy atom. The van der Waals surface area contributed by atoms with E-state index in [1.54, 1.807) is 7.11 Å². The van der Waals surface area contributed by atoms with E-state index in [0.717, 1.165) is 0 Å². The molecule has 0 aliphatic carbocycles. The van der Waals surface area contributed by atoms with Crippen molar-refractivity contribution in [2.75, 3.05) is 20.3 Å². The summed E-state index contributed by atoms with van der Waals surface area (Å²) in [7, 11) is 1.56. The molecule has 18 heavy (non-hydrogen) atoms. The molecule has 2 atom stereocenters. The van der Waals surface area contributed by atoms with Crippen LogP contribution in [0.4, 0.5) is 0 Å². The van der Waals surface area contributed by atoms with Crippen molar-refractivity contribution in [1.29, 1.82) is 0 Å². The second kappa shape index (κ2) is 7.07. The number of hydrogen-bond acceptors (Lipinski definition) is 5. The summed E-state index contributed by atoms with van der Waals surface area (Å²) < 4.78 is 4.89. The molecule has 102 valence electrons. The van der Waals surface area contributed by atoms with Crippen molar-refractivity contribution in [3.8, 4) is 0 Å². The Kier molecular flexibility index (Phi) is 5.73. The van der Waals surface area contributed by atoms with Gasteiger partial charge in [-0.3, -0.25) is 25.0 Å². The maximum Gasteiger partial charge on any atom is 0.243 e. The average Bonchev–Trinajstić information content (AvgIpc) is 2.28. The minimum absolute atomic E-state index is 0.0420. The summed E-state index contributed by atoms with van der Waals surface area (Å²) in [5, 5.41) is 7.76. The molecule has 0 bridgehead atoms. The number of nitrogens with one attached hydrogen (secondary N) is 3. The molecule has 1 fully saturated rings. The molecule has 1 aliphatic heterocycles. The number of piperidine rings is 1. The quantitative estimate of drug-likeness (QED) is 0.505. The lowest BCUT2D eigenvalue weighted by Gasteiger charge is -2.22. The van der Waals surface area contributed by atoms with Crippen LogP contribution in [-0.2, 0) is 19.1 Å². The van der Waals surface area contributed by atoms with E-state index < -0.39 is 6.04 Å². The van der Waals surface area contributed by atoms with Crippen LogP contribution in [0.1, 0.15) is 19.8 Å². The van der Waals surface area contributed by atoms with E-state index in [2.05, 4.69) is 16.0 Å². The van der Waals surface area contributed by atoms with Gasteiger partial charge in [0.15, 0.2) is 0 Å². The van der Waals surface area contributed by atoms with Gasteiger partial charge in [0.2, 0.25) is 17.7 Å². The minimum atomic E-state index is -0.480. The number of carbonyl (C=O) groups excluding carboxylic acids is 3. The van der Waals surface area contributed by atoms with Crippen LogP contribution in [0.5, 0.6) is 0 Å². The molecule has 0 aromatic rings. The minimum Gasteiger partial charge on any atom is -0.383 e. The molecule has 0 aromatic carbocycles. The zero-order valence-electron chi connectivity index (χ0n) is 10.6. The number of ether oxygens (including phenoxy) is 1. The topological polar surface area (TPSA) is 96.5 Å². The van der Waals surface area contributed by atoms with E-state index in [-0.39, 0.29) is 30.3 Å². The lowest BCUT2D eigenvalue weighted by atomic mass is 10.1. The molecule has 1 saturated heterocycles. The maximum absolute atomic E-state index is 11.5. The van der Waals surface area contributed by atoms with Crippen molar-refractivity contribution in [2.45, 2.75) is 31.8 Å². The summed E-state index contributed by atoms with van der Waals surface area (Å²) in [6.07, 6.45) is 0.719. The fourth-order valence-corrected chi connectivity index (χ4v) is 1.72. The molecule has 0 aromatic heterocycles. The number of hydrogen-bond donors (Lipinski definition) is 3. The highest BCUT2D eigenvalue weighted by atomic mass is 16.5. The number of amides is 3. The first kappa shape index (κ1) is 14.6. The summed E-state index contributed by atoms with van der Waals surface area (Å²) in [6, 6.07) is -0.558. The van der Waals surface area contributed by atoms with Gasteiger partial charge >= 0.3 is 0 Å². The third kappa shape index (κ3) is 4.80. The molecule has 0 spiro atoms. The third-order valence-corrected chi connectivity index (χ3v) is 2.57. The van der Waals surface area contributed by atoms with Crippen LogP contribution in [0.15, 0.2) is 0 Å². The van der Waals surface area contributed by atoms with Crippen LogP contribution < -0.4 is 16.0 Å². The molecule has 0 radical (unpaired) electrons. The smallest absolute Gasteiger partial charge is 0.243 e. The lowest BCUT2D eigenvalue weighted by molar-refractivity contribution is -0.134. The highest BCUT2D eigenvalue weighted by Gasteiger charge is 2.26. The standard InChI is InChI=1S/C11H19N3O4/c1-7(6-18-2)13-10(16)5-12-8-3-4-9(15)14-11(8)17/h7-8,12H,3-6H2,1-2H3,(H,13,16)(H,14,15,17). The van der Waals surface area contributed by atoms with Gasteiger partial charge in [0.1, 0.15) is 0 Å². The Morgan fingerprint density at radius 3 is 2.89 bits per heavy atom. The van der Waals surface area contributed by atoms with E-state index in [1.807, 2.05) is 6.92 Å². The van der Waals surface area contributed by atoms with Crippen LogP contribution >= 0.6 is 0 Å². The Labute approximate surface area is 106 Å². The maximum atomic E-state index is 11.5. The van der Waals surface area contributed by atoms with Gasteiger partial charge in [-0.25, -0.2) is 0 Å². The molecule has 3 amide bonds. The van der Waals surface area contributed by atoms with Gasteiger partial charge in [-0.15, -0.1) is 0 Å². The second-order valence-electron chi connectivity index (χ2n) is 4.31. The fraction of sp³-hybridized carbons (Fsp3) is 0.727. The highest BCUT2D eigenvalue weighted by molar-refractivity contribution is 6.00. The molecule has 1 rings (SSSR count). The number of imide groups is 1. The van der Waals surface area contributed by atoms with Crippen molar-refractivity contribution in [2.24, 2.45) is 0 Å². The summed E-state index contributed by atoms with van der Waals surface area (Å²) in [5.74, 6) is -0.843. The van der Waals surface area contributed by atoms with Crippen LogP contribution in [0.25, 0.3) is 0 Å². The Hall–Kier alpha value is -1.47. The zero-order chi connectivity index (χ0) is 13.5. The van der Waals surface area contributed by atoms with Crippen LogP contribution in [0.3, 0.4) is 0 Å².